The number of thiazole rings is 1. The summed E-state index contributed by atoms with van der Waals surface area (Å²) in [5, 5.41) is 7.44. The predicted molar refractivity (Wildman–Crippen MR) is 72.8 cm³/mol. The van der Waals surface area contributed by atoms with Crippen LogP contribution in [0.15, 0.2) is 5.38 Å². The van der Waals surface area contributed by atoms with Gasteiger partial charge in [-0.05, 0) is 13.3 Å². The van der Waals surface area contributed by atoms with E-state index in [1.165, 1.54) is 11.5 Å². The monoisotopic (exact) mass is 268 g/mol. The van der Waals surface area contributed by atoms with Crippen molar-refractivity contribution in [2.75, 3.05) is 5.32 Å². The summed E-state index contributed by atoms with van der Waals surface area (Å²) >= 11 is 3.11. The van der Waals surface area contributed by atoms with E-state index < -0.39 is 0 Å². The molecule has 0 aliphatic rings. The molecule has 0 saturated carbocycles. The third-order valence-electron chi connectivity index (χ3n) is 2.43. The Balaban J connectivity index is 2.02. The normalized spacial score (nSPS) is 12.6. The molecule has 17 heavy (non-hydrogen) atoms. The molecule has 6 heteroatoms. The fraction of sp³-hybridized carbons (Fsp3) is 0.545. The first kappa shape index (κ1) is 12.4. The average molecular weight is 268 g/mol. The lowest BCUT2D eigenvalue weighted by atomic mass is 10.3. The average Bonchev–Trinajstić information content (AvgIpc) is 2.96. The second kappa shape index (κ2) is 5.55. The molecule has 2 aromatic heterocycles. The van der Waals surface area contributed by atoms with Crippen LogP contribution in [0.4, 0.5) is 5.13 Å². The van der Waals surface area contributed by atoms with Gasteiger partial charge in [-0.15, -0.1) is 11.3 Å². The van der Waals surface area contributed by atoms with Gasteiger partial charge in [-0.3, -0.25) is 0 Å². The van der Waals surface area contributed by atoms with Gasteiger partial charge in [-0.25, -0.2) is 9.97 Å². The summed E-state index contributed by atoms with van der Waals surface area (Å²) in [6.07, 6.45) is 1.87. The summed E-state index contributed by atoms with van der Waals surface area (Å²) in [5.74, 6) is 0.901. The maximum Gasteiger partial charge on any atom is 0.203 e. The van der Waals surface area contributed by atoms with Crippen LogP contribution in [0.2, 0.25) is 0 Å². The highest BCUT2D eigenvalue weighted by molar-refractivity contribution is 7.10. The first-order chi connectivity index (χ1) is 8.22. The summed E-state index contributed by atoms with van der Waals surface area (Å²) in [5.41, 5.74) is 1.16. The van der Waals surface area contributed by atoms with Crippen molar-refractivity contribution in [2.45, 2.75) is 39.7 Å². The minimum atomic E-state index is 0.193. The van der Waals surface area contributed by atoms with Crippen LogP contribution in [0.5, 0.6) is 0 Å². The smallest absolute Gasteiger partial charge is 0.203 e. The first-order valence-corrected chi connectivity index (χ1v) is 7.41. The Labute approximate surface area is 109 Å². The van der Waals surface area contributed by atoms with Crippen LogP contribution in [-0.2, 0) is 12.8 Å². The van der Waals surface area contributed by atoms with E-state index in [2.05, 4.69) is 45.8 Å². The van der Waals surface area contributed by atoms with E-state index in [0.717, 1.165) is 34.5 Å². The Morgan fingerprint density at radius 2 is 2.12 bits per heavy atom. The van der Waals surface area contributed by atoms with Gasteiger partial charge in [0, 0.05) is 23.3 Å². The molecule has 0 fully saturated rings. The van der Waals surface area contributed by atoms with Gasteiger partial charge in [-0.2, -0.15) is 4.37 Å². The molecular formula is C11H16N4S2. The number of hydrogen-bond acceptors (Lipinski definition) is 6. The minimum Gasteiger partial charge on any atom is -0.351 e. The lowest BCUT2D eigenvalue weighted by Gasteiger charge is -2.08. The van der Waals surface area contributed by atoms with Gasteiger partial charge in [0.1, 0.15) is 10.8 Å². The molecule has 0 spiro atoms. The third kappa shape index (κ3) is 3.01. The number of aromatic nitrogens is 3. The van der Waals surface area contributed by atoms with Gasteiger partial charge in [0.15, 0.2) is 0 Å². The highest BCUT2D eigenvalue weighted by Gasteiger charge is 2.12. The fourth-order valence-electron chi connectivity index (χ4n) is 1.39. The Morgan fingerprint density at radius 1 is 1.29 bits per heavy atom. The van der Waals surface area contributed by atoms with Gasteiger partial charge in [0.2, 0.25) is 5.13 Å². The molecule has 0 aromatic carbocycles. The van der Waals surface area contributed by atoms with Crippen molar-refractivity contribution in [3.63, 3.8) is 0 Å². The number of nitrogens with one attached hydrogen (secondary N) is 1. The predicted octanol–water partition coefficient (Wildman–Crippen LogP) is 3.29. The number of aryl methyl sites for hydroxylation is 2. The molecule has 0 aliphatic heterocycles. The zero-order valence-corrected chi connectivity index (χ0v) is 11.9. The van der Waals surface area contributed by atoms with Crippen molar-refractivity contribution in [1.29, 1.82) is 0 Å². The number of hydrogen-bond donors (Lipinski definition) is 1. The second-order valence-corrected chi connectivity index (χ2v) is 5.41. The summed E-state index contributed by atoms with van der Waals surface area (Å²) in [6.45, 7) is 6.28. The number of nitrogens with zero attached hydrogens (tertiary/aromatic N) is 3. The summed E-state index contributed by atoms with van der Waals surface area (Å²) in [7, 11) is 0. The molecule has 0 amide bonds. The van der Waals surface area contributed by atoms with Crippen LogP contribution in [0.3, 0.4) is 0 Å². The van der Waals surface area contributed by atoms with Crippen molar-refractivity contribution in [1.82, 2.24) is 14.3 Å². The van der Waals surface area contributed by atoms with E-state index in [1.54, 1.807) is 11.3 Å². The molecule has 0 bridgehead atoms. The standard InChI is InChI=1S/C11H16N4S2/c1-4-8-6-16-10(13-8)7(3)12-11-14-9(5-2)15-17-11/h6-7H,4-5H2,1-3H3,(H,12,14,15)/t7-/m0/s1. The molecule has 0 aliphatic carbocycles. The van der Waals surface area contributed by atoms with E-state index in [4.69, 9.17) is 0 Å². The van der Waals surface area contributed by atoms with Crippen molar-refractivity contribution in [3.05, 3.63) is 21.9 Å². The van der Waals surface area contributed by atoms with Gasteiger partial charge in [-0.1, -0.05) is 13.8 Å². The molecule has 92 valence electrons. The molecule has 2 heterocycles. The van der Waals surface area contributed by atoms with Crippen LogP contribution >= 0.6 is 22.9 Å². The van der Waals surface area contributed by atoms with Crippen molar-refractivity contribution >= 4 is 28.0 Å². The molecular weight excluding hydrogens is 252 g/mol. The Bertz CT molecular complexity index is 477. The molecule has 2 aromatic rings. The molecule has 1 N–H and O–H groups in total. The fourth-order valence-corrected chi connectivity index (χ4v) is 3.03. The summed E-state index contributed by atoms with van der Waals surface area (Å²) in [6, 6.07) is 0.193. The molecule has 1 atom stereocenters. The van der Waals surface area contributed by atoms with Crippen molar-refractivity contribution in [2.24, 2.45) is 0 Å². The molecule has 0 unspecified atom stereocenters. The largest absolute Gasteiger partial charge is 0.351 e. The van der Waals surface area contributed by atoms with Crippen molar-refractivity contribution in [3.8, 4) is 0 Å². The SMILES string of the molecule is CCc1csc([C@H](C)Nc2nc(CC)ns2)n1. The molecule has 4 nitrogen and oxygen atoms in total. The molecule has 0 saturated heterocycles. The van der Waals surface area contributed by atoms with Gasteiger partial charge in [0.25, 0.3) is 0 Å². The maximum atomic E-state index is 4.56. The highest BCUT2D eigenvalue weighted by atomic mass is 32.1. The van der Waals surface area contributed by atoms with E-state index in [-0.39, 0.29) is 6.04 Å². The summed E-state index contributed by atoms with van der Waals surface area (Å²) in [4.78, 5) is 8.96. The lowest BCUT2D eigenvalue weighted by Crippen LogP contribution is -2.06. The quantitative estimate of drug-likeness (QED) is 0.904. The topological polar surface area (TPSA) is 50.7 Å². The first-order valence-electron chi connectivity index (χ1n) is 5.76. The molecule has 0 radical (unpaired) electrons. The van der Waals surface area contributed by atoms with Gasteiger partial charge >= 0.3 is 0 Å². The third-order valence-corrected chi connectivity index (χ3v) is 4.19. The number of rotatable bonds is 5. The minimum absolute atomic E-state index is 0.193. The summed E-state index contributed by atoms with van der Waals surface area (Å²) < 4.78 is 4.25. The number of anilines is 1. The van der Waals surface area contributed by atoms with Crippen LogP contribution in [0.1, 0.15) is 43.3 Å². The van der Waals surface area contributed by atoms with Gasteiger partial charge < -0.3 is 5.32 Å². The van der Waals surface area contributed by atoms with E-state index in [0.29, 0.717) is 0 Å². The van der Waals surface area contributed by atoms with E-state index in [9.17, 15) is 0 Å². The van der Waals surface area contributed by atoms with Crippen LogP contribution in [-0.4, -0.2) is 14.3 Å². The van der Waals surface area contributed by atoms with Crippen LogP contribution in [0, 0.1) is 0 Å². The van der Waals surface area contributed by atoms with E-state index >= 15 is 0 Å². The highest BCUT2D eigenvalue weighted by Crippen LogP contribution is 2.23. The Morgan fingerprint density at radius 3 is 2.71 bits per heavy atom. The second-order valence-electron chi connectivity index (χ2n) is 3.77. The van der Waals surface area contributed by atoms with E-state index in [1.807, 2.05) is 0 Å². The zero-order valence-electron chi connectivity index (χ0n) is 10.2. The Hall–Kier alpha value is -1.01. The van der Waals surface area contributed by atoms with Crippen molar-refractivity contribution < 1.29 is 0 Å². The van der Waals surface area contributed by atoms with Gasteiger partial charge in [0.05, 0.1) is 11.7 Å². The lowest BCUT2D eigenvalue weighted by molar-refractivity contribution is 0.850. The zero-order chi connectivity index (χ0) is 12.3. The van der Waals surface area contributed by atoms with Crippen LogP contribution < -0.4 is 5.32 Å². The Kier molecular flexibility index (Phi) is 4.06. The van der Waals surface area contributed by atoms with Crippen LogP contribution in [0.25, 0.3) is 0 Å². The molecule has 2 rings (SSSR count). The maximum absolute atomic E-state index is 4.56.